The van der Waals surface area contributed by atoms with Crippen LogP contribution in [0.15, 0.2) is 24.3 Å². The van der Waals surface area contributed by atoms with Crippen molar-refractivity contribution in [2.75, 3.05) is 24.6 Å². The zero-order valence-electron chi connectivity index (χ0n) is 14.4. The molecule has 4 heteroatoms. The number of carbonyl (C=O) groups excluding carboxylic acids is 1. The van der Waals surface area contributed by atoms with Gasteiger partial charge in [0.25, 0.3) is 0 Å². The monoisotopic (exact) mass is 336 g/mol. The summed E-state index contributed by atoms with van der Waals surface area (Å²) < 4.78 is 6.33. The maximum atomic E-state index is 13.2. The molecule has 5 fully saturated rings. The van der Waals surface area contributed by atoms with Crippen LogP contribution in [0.2, 0.25) is 0 Å². The fourth-order valence-electron chi connectivity index (χ4n) is 7.96. The second-order valence-corrected chi connectivity index (χ2v) is 9.17. The minimum absolute atomic E-state index is 0.156. The van der Waals surface area contributed by atoms with Crippen molar-refractivity contribution < 1.29 is 9.53 Å². The Balaban J connectivity index is 1.53. The number of para-hydroxylation sites is 1. The molecule has 1 aromatic carbocycles. The highest BCUT2D eigenvalue weighted by Gasteiger charge is 2.71. The van der Waals surface area contributed by atoms with Gasteiger partial charge in [0.2, 0.25) is 5.91 Å². The van der Waals surface area contributed by atoms with Gasteiger partial charge in [-0.2, -0.15) is 0 Å². The van der Waals surface area contributed by atoms with E-state index >= 15 is 0 Å². The van der Waals surface area contributed by atoms with E-state index in [1.165, 1.54) is 43.6 Å². The number of benzene rings is 1. The zero-order valence-corrected chi connectivity index (χ0v) is 14.4. The van der Waals surface area contributed by atoms with Crippen LogP contribution in [0.4, 0.5) is 5.69 Å². The summed E-state index contributed by atoms with van der Waals surface area (Å²) in [6.45, 7) is 3.31. The number of carbonyl (C=O) groups is 1. The van der Waals surface area contributed by atoms with E-state index in [2.05, 4.69) is 34.1 Å². The fourth-order valence-corrected chi connectivity index (χ4v) is 7.96. The van der Waals surface area contributed by atoms with Crippen LogP contribution < -0.4 is 4.90 Å². The number of hydrogen-bond acceptors (Lipinski definition) is 3. The first kappa shape index (κ1) is 13.8. The van der Waals surface area contributed by atoms with E-state index in [0.29, 0.717) is 30.3 Å². The van der Waals surface area contributed by atoms with Gasteiger partial charge in [-0.1, -0.05) is 18.2 Å². The van der Waals surface area contributed by atoms with Gasteiger partial charge in [0, 0.05) is 36.2 Å². The Morgan fingerprint density at radius 2 is 2.16 bits per heavy atom. The Morgan fingerprint density at radius 3 is 3.12 bits per heavy atom. The molecule has 7 unspecified atom stereocenters. The molecule has 0 radical (unpaired) electrons. The molecule has 7 rings (SSSR count). The molecular formula is C21H24N2O2. The van der Waals surface area contributed by atoms with Crippen molar-refractivity contribution in [2.24, 2.45) is 17.8 Å². The fraction of sp³-hybridized carbons (Fsp3) is 0.667. The average molecular weight is 336 g/mol. The molecule has 0 aromatic heterocycles. The lowest BCUT2D eigenvalue weighted by Gasteiger charge is -2.59. The molecule has 7 atom stereocenters. The molecule has 1 aromatic rings. The third kappa shape index (κ3) is 1.37. The van der Waals surface area contributed by atoms with Crippen LogP contribution in [0.3, 0.4) is 0 Å². The minimum atomic E-state index is 0.156. The molecule has 1 aliphatic carbocycles. The minimum Gasteiger partial charge on any atom is -0.377 e. The lowest BCUT2D eigenvalue weighted by atomic mass is 9.52. The predicted octanol–water partition coefficient (Wildman–Crippen LogP) is 2.17. The molecular weight excluding hydrogens is 312 g/mol. The standard InChI is InChI=1S/C21H24N2O2/c24-18-10-16-19-13-9-17-21(6-7-22(17)11-12(13)5-8-25-16)14-3-1-2-4-15(14)23(18)20(19)21/h1-4,12-13,16-17,19-20H,5-11H2. The van der Waals surface area contributed by atoms with Crippen LogP contribution in [-0.4, -0.2) is 48.7 Å². The maximum absolute atomic E-state index is 13.2. The van der Waals surface area contributed by atoms with Gasteiger partial charge in [-0.3, -0.25) is 9.69 Å². The molecule has 4 saturated heterocycles. The van der Waals surface area contributed by atoms with E-state index in [1.807, 2.05) is 0 Å². The summed E-state index contributed by atoms with van der Waals surface area (Å²) in [4.78, 5) is 18.2. The molecule has 5 aliphatic heterocycles. The first-order valence-corrected chi connectivity index (χ1v) is 10.1. The predicted molar refractivity (Wildman–Crippen MR) is 93.4 cm³/mol. The van der Waals surface area contributed by atoms with Crippen LogP contribution >= 0.6 is 0 Å². The third-order valence-electron chi connectivity index (χ3n) is 8.64. The smallest absolute Gasteiger partial charge is 0.229 e. The average Bonchev–Trinajstić information content (AvgIpc) is 3.10. The third-order valence-corrected chi connectivity index (χ3v) is 8.64. The van der Waals surface area contributed by atoms with Crippen LogP contribution in [-0.2, 0) is 14.9 Å². The van der Waals surface area contributed by atoms with Gasteiger partial charge in [0.05, 0.1) is 18.6 Å². The van der Waals surface area contributed by atoms with Crippen molar-refractivity contribution in [1.82, 2.24) is 4.90 Å². The molecule has 1 saturated carbocycles. The summed E-state index contributed by atoms with van der Waals surface area (Å²) in [5, 5.41) is 0. The van der Waals surface area contributed by atoms with E-state index < -0.39 is 0 Å². The normalized spacial score (nSPS) is 49.1. The molecule has 130 valence electrons. The van der Waals surface area contributed by atoms with E-state index in [-0.39, 0.29) is 11.5 Å². The summed E-state index contributed by atoms with van der Waals surface area (Å²) in [6.07, 6.45) is 4.46. The maximum Gasteiger partial charge on any atom is 0.229 e. The van der Waals surface area contributed by atoms with Crippen LogP contribution in [0.25, 0.3) is 0 Å². The summed E-state index contributed by atoms with van der Waals surface area (Å²) in [6, 6.07) is 9.78. The topological polar surface area (TPSA) is 32.8 Å². The van der Waals surface area contributed by atoms with Gasteiger partial charge in [-0.25, -0.2) is 0 Å². The van der Waals surface area contributed by atoms with Gasteiger partial charge < -0.3 is 9.64 Å². The second kappa shape index (κ2) is 4.29. The Hall–Kier alpha value is -1.39. The zero-order chi connectivity index (χ0) is 16.3. The highest BCUT2D eigenvalue weighted by Crippen LogP contribution is 2.66. The first-order valence-electron chi connectivity index (χ1n) is 10.1. The van der Waals surface area contributed by atoms with Gasteiger partial charge in [-0.15, -0.1) is 0 Å². The molecule has 25 heavy (non-hydrogen) atoms. The van der Waals surface area contributed by atoms with Crippen LogP contribution in [0.1, 0.15) is 31.2 Å². The number of hydrogen-bond donors (Lipinski definition) is 0. The largest absolute Gasteiger partial charge is 0.377 e. The van der Waals surface area contributed by atoms with Crippen molar-refractivity contribution in [3.05, 3.63) is 29.8 Å². The van der Waals surface area contributed by atoms with Crippen molar-refractivity contribution >= 4 is 11.6 Å². The van der Waals surface area contributed by atoms with Crippen molar-refractivity contribution in [3.8, 4) is 0 Å². The van der Waals surface area contributed by atoms with Crippen molar-refractivity contribution in [1.29, 1.82) is 0 Å². The van der Waals surface area contributed by atoms with E-state index in [0.717, 1.165) is 18.4 Å². The molecule has 0 N–H and O–H groups in total. The van der Waals surface area contributed by atoms with Gasteiger partial charge in [0.15, 0.2) is 0 Å². The first-order chi connectivity index (χ1) is 12.3. The molecule has 2 bridgehead atoms. The highest BCUT2D eigenvalue weighted by molar-refractivity contribution is 5.99. The van der Waals surface area contributed by atoms with Gasteiger partial charge in [-0.05, 0) is 49.3 Å². The Labute approximate surface area is 148 Å². The summed E-state index contributed by atoms with van der Waals surface area (Å²) in [5.74, 6) is 2.34. The van der Waals surface area contributed by atoms with Crippen molar-refractivity contribution in [2.45, 2.75) is 49.3 Å². The van der Waals surface area contributed by atoms with E-state index in [4.69, 9.17) is 4.74 Å². The van der Waals surface area contributed by atoms with Crippen LogP contribution in [0, 0.1) is 17.8 Å². The lowest BCUT2D eigenvalue weighted by molar-refractivity contribution is -0.134. The Kier molecular flexibility index (Phi) is 2.36. The molecule has 4 nitrogen and oxygen atoms in total. The van der Waals surface area contributed by atoms with Crippen molar-refractivity contribution in [3.63, 3.8) is 0 Å². The lowest BCUT2D eigenvalue weighted by Crippen LogP contribution is -2.70. The number of ether oxygens (including phenoxy) is 1. The summed E-state index contributed by atoms with van der Waals surface area (Å²) >= 11 is 0. The van der Waals surface area contributed by atoms with Crippen LogP contribution in [0.5, 0.6) is 0 Å². The van der Waals surface area contributed by atoms with Gasteiger partial charge >= 0.3 is 0 Å². The Morgan fingerprint density at radius 1 is 1.24 bits per heavy atom. The number of fused-ring (bicyclic) bond motifs is 2. The number of amides is 1. The molecule has 5 heterocycles. The number of nitrogens with zero attached hydrogens (tertiary/aromatic N) is 2. The summed E-state index contributed by atoms with van der Waals surface area (Å²) in [5.41, 5.74) is 2.83. The number of anilines is 1. The Bertz CT molecular complexity index is 794. The number of rotatable bonds is 0. The molecule has 6 aliphatic rings. The second-order valence-electron chi connectivity index (χ2n) is 9.17. The van der Waals surface area contributed by atoms with E-state index in [1.54, 1.807) is 0 Å². The highest BCUT2D eigenvalue weighted by atomic mass is 16.5. The summed E-state index contributed by atoms with van der Waals surface area (Å²) in [7, 11) is 0. The molecule has 1 amide bonds. The quantitative estimate of drug-likeness (QED) is 0.728. The van der Waals surface area contributed by atoms with Gasteiger partial charge in [0.1, 0.15) is 0 Å². The van der Waals surface area contributed by atoms with E-state index in [9.17, 15) is 4.79 Å². The number of piperidine rings is 2. The molecule has 1 spiro atoms. The SMILES string of the molecule is O=C1CC2OCCC3CN4CCC56c7ccccc7N1C5C2C3CC46.